The summed E-state index contributed by atoms with van der Waals surface area (Å²) in [5.74, 6) is -1.71. The Hall–Kier alpha value is -2.35. The van der Waals surface area contributed by atoms with Gasteiger partial charge in [-0.05, 0) is 31.2 Å². The molecule has 23 heavy (non-hydrogen) atoms. The van der Waals surface area contributed by atoms with Crippen molar-refractivity contribution in [3.8, 4) is 0 Å². The number of carboxylic acid groups (broad SMARTS) is 1. The van der Waals surface area contributed by atoms with Crippen LogP contribution in [0.3, 0.4) is 0 Å². The minimum absolute atomic E-state index is 0.0443. The zero-order valence-electron chi connectivity index (χ0n) is 12.4. The van der Waals surface area contributed by atoms with Gasteiger partial charge in [0.1, 0.15) is 6.04 Å². The zero-order valence-corrected chi connectivity index (χ0v) is 13.2. The first-order chi connectivity index (χ1) is 10.9. The number of carbonyl (C=O) groups excluding carboxylic acids is 3. The van der Waals surface area contributed by atoms with Crippen LogP contribution in [0.25, 0.3) is 0 Å². The SMILES string of the molecule is CC(=O)c1ccc(NC(=O)C[C@@H]2SC[C@H](C(=O)O)NC2=O)cc1. The number of ketones is 1. The van der Waals surface area contributed by atoms with Crippen LogP contribution < -0.4 is 10.6 Å². The van der Waals surface area contributed by atoms with Crippen LogP contribution in [0.1, 0.15) is 23.7 Å². The summed E-state index contributed by atoms with van der Waals surface area (Å²) >= 11 is 1.15. The molecule has 0 bridgehead atoms. The first-order valence-corrected chi connectivity index (χ1v) is 7.97. The number of carbonyl (C=O) groups is 4. The van der Waals surface area contributed by atoms with Crippen molar-refractivity contribution in [2.75, 3.05) is 11.1 Å². The Labute approximate surface area is 136 Å². The number of carboxylic acids is 1. The molecule has 1 aromatic rings. The van der Waals surface area contributed by atoms with E-state index in [2.05, 4.69) is 10.6 Å². The number of thioether (sulfide) groups is 1. The molecule has 0 aliphatic carbocycles. The Morgan fingerprint density at radius 2 is 1.96 bits per heavy atom. The summed E-state index contributed by atoms with van der Waals surface area (Å²) in [6, 6.07) is 5.53. The van der Waals surface area contributed by atoms with Crippen LogP contribution in [0.4, 0.5) is 5.69 Å². The molecule has 1 saturated heterocycles. The number of rotatable bonds is 5. The lowest BCUT2D eigenvalue weighted by Crippen LogP contribution is -2.51. The van der Waals surface area contributed by atoms with Crippen LogP contribution in [-0.2, 0) is 14.4 Å². The van der Waals surface area contributed by atoms with Crippen molar-refractivity contribution in [1.29, 1.82) is 0 Å². The topological polar surface area (TPSA) is 113 Å². The molecule has 1 aliphatic heterocycles. The fourth-order valence-electron chi connectivity index (χ4n) is 2.05. The largest absolute Gasteiger partial charge is 0.480 e. The van der Waals surface area contributed by atoms with Crippen molar-refractivity contribution < 1.29 is 24.3 Å². The fourth-order valence-corrected chi connectivity index (χ4v) is 3.19. The van der Waals surface area contributed by atoms with Gasteiger partial charge in [-0.2, -0.15) is 0 Å². The molecule has 0 aromatic heterocycles. The van der Waals surface area contributed by atoms with E-state index in [9.17, 15) is 19.2 Å². The van der Waals surface area contributed by atoms with Gasteiger partial charge >= 0.3 is 5.97 Å². The predicted molar refractivity (Wildman–Crippen MR) is 85.5 cm³/mol. The summed E-state index contributed by atoms with van der Waals surface area (Å²) < 4.78 is 0. The molecule has 1 aliphatic rings. The second kappa shape index (κ2) is 7.28. The van der Waals surface area contributed by atoms with E-state index in [1.54, 1.807) is 24.3 Å². The van der Waals surface area contributed by atoms with Crippen molar-refractivity contribution in [1.82, 2.24) is 5.32 Å². The molecule has 0 radical (unpaired) electrons. The standard InChI is InChI=1S/C15H16N2O5S/c1-8(18)9-2-4-10(5-3-9)16-13(19)6-12-14(20)17-11(7-23-12)15(21)22/h2-5,11-12H,6-7H2,1H3,(H,16,19)(H,17,20)(H,21,22)/t11-,12+/m1/s1. The third kappa shape index (κ3) is 4.56. The van der Waals surface area contributed by atoms with E-state index in [0.717, 1.165) is 11.8 Å². The molecule has 2 atom stereocenters. The molecular formula is C15H16N2O5S. The maximum absolute atomic E-state index is 12.0. The molecular weight excluding hydrogens is 320 g/mol. The van der Waals surface area contributed by atoms with E-state index < -0.39 is 23.2 Å². The van der Waals surface area contributed by atoms with E-state index in [0.29, 0.717) is 11.3 Å². The van der Waals surface area contributed by atoms with Gasteiger partial charge in [-0.15, -0.1) is 11.8 Å². The number of amides is 2. The van der Waals surface area contributed by atoms with Crippen molar-refractivity contribution >= 4 is 41.0 Å². The van der Waals surface area contributed by atoms with Crippen LogP contribution in [0, 0.1) is 0 Å². The van der Waals surface area contributed by atoms with E-state index in [-0.39, 0.29) is 23.9 Å². The fraction of sp³-hybridized carbons (Fsp3) is 0.333. The van der Waals surface area contributed by atoms with Gasteiger partial charge in [0.25, 0.3) is 0 Å². The highest BCUT2D eigenvalue weighted by Crippen LogP contribution is 2.22. The molecule has 2 amide bonds. The molecule has 0 spiro atoms. The molecule has 2 rings (SSSR count). The highest BCUT2D eigenvalue weighted by atomic mass is 32.2. The van der Waals surface area contributed by atoms with E-state index >= 15 is 0 Å². The van der Waals surface area contributed by atoms with Gasteiger partial charge in [-0.25, -0.2) is 4.79 Å². The lowest BCUT2D eigenvalue weighted by molar-refractivity contribution is -0.141. The lowest BCUT2D eigenvalue weighted by Gasteiger charge is -2.25. The summed E-state index contributed by atoms with van der Waals surface area (Å²) in [4.78, 5) is 45.8. The summed E-state index contributed by atoms with van der Waals surface area (Å²) in [6.07, 6.45) is -0.0443. The molecule has 1 heterocycles. The molecule has 0 saturated carbocycles. The first kappa shape index (κ1) is 17.0. The van der Waals surface area contributed by atoms with Crippen molar-refractivity contribution in [3.63, 3.8) is 0 Å². The minimum atomic E-state index is -1.08. The second-order valence-electron chi connectivity index (χ2n) is 5.11. The molecule has 7 nitrogen and oxygen atoms in total. The number of nitrogens with one attached hydrogen (secondary N) is 2. The average molecular weight is 336 g/mol. The first-order valence-electron chi connectivity index (χ1n) is 6.92. The average Bonchev–Trinajstić information content (AvgIpc) is 2.49. The zero-order chi connectivity index (χ0) is 17.0. The lowest BCUT2D eigenvalue weighted by atomic mass is 10.1. The quantitative estimate of drug-likeness (QED) is 0.689. The van der Waals surface area contributed by atoms with Crippen LogP contribution in [0.5, 0.6) is 0 Å². The van der Waals surface area contributed by atoms with Crippen LogP contribution in [0.15, 0.2) is 24.3 Å². The Morgan fingerprint density at radius 3 is 2.48 bits per heavy atom. The van der Waals surface area contributed by atoms with Gasteiger partial charge in [0, 0.05) is 23.4 Å². The van der Waals surface area contributed by atoms with Crippen molar-refractivity contribution in [2.45, 2.75) is 24.6 Å². The third-order valence-electron chi connectivity index (χ3n) is 3.32. The van der Waals surface area contributed by atoms with Crippen LogP contribution in [-0.4, -0.2) is 45.7 Å². The van der Waals surface area contributed by atoms with E-state index in [4.69, 9.17) is 5.11 Å². The molecule has 1 fully saturated rings. The normalized spacial score (nSPS) is 20.5. The second-order valence-corrected chi connectivity index (χ2v) is 6.34. The van der Waals surface area contributed by atoms with Gasteiger partial charge < -0.3 is 15.7 Å². The van der Waals surface area contributed by atoms with Gasteiger partial charge in [-0.1, -0.05) is 0 Å². The third-order valence-corrected chi connectivity index (χ3v) is 4.63. The van der Waals surface area contributed by atoms with E-state index in [1.807, 2.05) is 0 Å². The van der Waals surface area contributed by atoms with Crippen LogP contribution in [0.2, 0.25) is 0 Å². The maximum Gasteiger partial charge on any atom is 0.327 e. The number of benzene rings is 1. The highest BCUT2D eigenvalue weighted by Gasteiger charge is 2.33. The van der Waals surface area contributed by atoms with Gasteiger partial charge in [0.05, 0.1) is 5.25 Å². The molecule has 0 unspecified atom stereocenters. The molecule has 122 valence electrons. The molecule has 3 N–H and O–H groups in total. The summed E-state index contributed by atoms with van der Waals surface area (Å²) in [5, 5.41) is 13.3. The Kier molecular flexibility index (Phi) is 5.38. The Balaban J connectivity index is 1.88. The summed E-state index contributed by atoms with van der Waals surface area (Å²) in [7, 11) is 0. The number of anilines is 1. The van der Waals surface area contributed by atoms with Crippen LogP contribution >= 0.6 is 11.8 Å². The summed E-state index contributed by atoms with van der Waals surface area (Å²) in [5.41, 5.74) is 1.08. The predicted octanol–water partition coefficient (Wildman–Crippen LogP) is 0.903. The monoisotopic (exact) mass is 336 g/mol. The molecule has 1 aromatic carbocycles. The highest BCUT2D eigenvalue weighted by molar-refractivity contribution is 8.00. The Morgan fingerprint density at radius 1 is 1.30 bits per heavy atom. The summed E-state index contributed by atoms with van der Waals surface area (Å²) in [6.45, 7) is 1.46. The van der Waals surface area contributed by atoms with Crippen molar-refractivity contribution in [2.24, 2.45) is 0 Å². The van der Waals surface area contributed by atoms with Gasteiger partial charge in [0.15, 0.2) is 5.78 Å². The smallest absolute Gasteiger partial charge is 0.327 e. The number of aliphatic carboxylic acids is 1. The Bertz CT molecular complexity index is 644. The minimum Gasteiger partial charge on any atom is -0.480 e. The van der Waals surface area contributed by atoms with Gasteiger partial charge in [-0.3, -0.25) is 14.4 Å². The number of Topliss-reactive ketones (excluding diaryl/α,β-unsaturated/α-hetero) is 1. The van der Waals surface area contributed by atoms with Gasteiger partial charge in [0.2, 0.25) is 11.8 Å². The van der Waals surface area contributed by atoms with E-state index in [1.165, 1.54) is 6.92 Å². The van der Waals surface area contributed by atoms with Crippen molar-refractivity contribution in [3.05, 3.63) is 29.8 Å². The number of hydrogen-bond acceptors (Lipinski definition) is 5. The number of hydrogen-bond donors (Lipinski definition) is 3. The molecule has 8 heteroatoms. The maximum atomic E-state index is 12.0.